The van der Waals surface area contributed by atoms with Crippen molar-refractivity contribution in [2.75, 3.05) is 13.2 Å². The highest BCUT2D eigenvalue weighted by Crippen LogP contribution is 2.21. The second-order valence-corrected chi connectivity index (χ2v) is 2.74. The Morgan fingerprint density at radius 1 is 0.917 bits per heavy atom. The number of hydrogen-bond acceptors (Lipinski definition) is 6. The molecule has 0 aromatic rings. The average molecular weight is 181 g/mol. The van der Waals surface area contributed by atoms with Gasteiger partial charge in [0.2, 0.25) is 0 Å². The first-order chi connectivity index (χ1) is 5.37. The molecule has 6 heteroatoms. The summed E-state index contributed by atoms with van der Waals surface area (Å²) in [5.74, 6) is -3.08. The molecular weight excluding hydrogens is 166 g/mol. The smallest absolute Gasteiger partial charge is 0.294 e. The van der Waals surface area contributed by atoms with Crippen molar-refractivity contribution in [2.24, 2.45) is 5.73 Å². The molecule has 12 heavy (non-hydrogen) atoms. The van der Waals surface area contributed by atoms with Crippen LogP contribution >= 0.6 is 0 Å². The first kappa shape index (κ1) is 11.8. The zero-order valence-electron chi connectivity index (χ0n) is 6.64. The molecule has 0 aliphatic carbocycles. The summed E-state index contributed by atoms with van der Waals surface area (Å²) in [6.07, 6.45) is -0.423. The van der Waals surface area contributed by atoms with Gasteiger partial charge in [-0.2, -0.15) is 0 Å². The number of aliphatic hydroxyl groups is 5. The van der Waals surface area contributed by atoms with E-state index in [0.29, 0.717) is 0 Å². The predicted octanol–water partition coefficient (Wildman–Crippen LogP) is -2.92. The highest BCUT2D eigenvalue weighted by atomic mass is 16.7. The van der Waals surface area contributed by atoms with Gasteiger partial charge < -0.3 is 31.3 Å². The first-order valence-electron chi connectivity index (χ1n) is 3.55. The minimum atomic E-state index is -3.08. The van der Waals surface area contributed by atoms with E-state index in [0.717, 1.165) is 0 Å². The maximum Gasteiger partial charge on any atom is 0.294 e. The van der Waals surface area contributed by atoms with Gasteiger partial charge in [-0.3, -0.25) is 0 Å². The fourth-order valence-electron chi connectivity index (χ4n) is 0.859. The molecule has 0 radical (unpaired) electrons. The lowest BCUT2D eigenvalue weighted by Crippen LogP contribution is -2.61. The Kier molecular flexibility index (Phi) is 4.04. The van der Waals surface area contributed by atoms with Crippen LogP contribution in [0.15, 0.2) is 0 Å². The van der Waals surface area contributed by atoms with E-state index >= 15 is 0 Å². The van der Waals surface area contributed by atoms with E-state index in [2.05, 4.69) is 0 Å². The minimum Gasteiger partial charge on any atom is -0.396 e. The minimum absolute atomic E-state index is 0.211. The van der Waals surface area contributed by atoms with Crippen LogP contribution in [0.4, 0.5) is 0 Å². The molecule has 0 aromatic carbocycles. The lowest BCUT2D eigenvalue weighted by atomic mass is 9.90. The second kappa shape index (κ2) is 4.13. The summed E-state index contributed by atoms with van der Waals surface area (Å²) in [7, 11) is 0. The van der Waals surface area contributed by atoms with Gasteiger partial charge in [-0.25, -0.2) is 0 Å². The molecule has 0 unspecified atom stereocenters. The Balaban J connectivity index is 4.38. The standard InChI is InChI=1S/C6H15NO5/c7-5(1-3-8,2-4-9)6(10,11)12/h8-12H,1-4,7H2. The molecule has 0 heterocycles. The Morgan fingerprint density at radius 2 is 1.25 bits per heavy atom. The van der Waals surface area contributed by atoms with Gasteiger partial charge in [0, 0.05) is 13.2 Å². The summed E-state index contributed by atoms with van der Waals surface area (Å²) < 4.78 is 0. The van der Waals surface area contributed by atoms with Crippen molar-refractivity contribution in [2.45, 2.75) is 24.4 Å². The van der Waals surface area contributed by atoms with Crippen molar-refractivity contribution in [3.8, 4) is 0 Å². The van der Waals surface area contributed by atoms with Gasteiger partial charge in [-0.1, -0.05) is 0 Å². The highest BCUT2D eigenvalue weighted by Gasteiger charge is 2.44. The number of rotatable bonds is 5. The van der Waals surface area contributed by atoms with Gasteiger partial charge in [-0.15, -0.1) is 0 Å². The summed E-state index contributed by atoms with van der Waals surface area (Å²) in [5.41, 5.74) is 3.53. The first-order valence-corrected chi connectivity index (χ1v) is 3.55. The topological polar surface area (TPSA) is 127 Å². The number of aliphatic hydroxyl groups excluding tert-OH is 2. The van der Waals surface area contributed by atoms with Crippen LogP contribution < -0.4 is 5.73 Å². The van der Waals surface area contributed by atoms with E-state index in [1.807, 2.05) is 0 Å². The summed E-state index contributed by atoms with van der Waals surface area (Å²) in [6, 6.07) is 0. The van der Waals surface area contributed by atoms with E-state index in [1.165, 1.54) is 0 Å². The van der Waals surface area contributed by atoms with E-state index in [1.54, 1.807) is 0 Å². The van der Waals surface area contributed by atoms with Crippen LogP contribution in [-0.4, -0.2) is 50.3 Å². The van der Waals surface area contributed by atoms with Crippen LogP contribution in [0, 0.1) is 0 Å². The van der Waals surface area contributed by atoms with E-state index in [-0.39, 0.29) is 12.8 Å². The van der Waals surface area contributed by atoms with Crippen LogP contribution in [0.3, 0.4) is 0 Å². The lowest BCUT2D eigenvalue weighted by Gasteiger charge is -2.35. The zero-order valence-corrected chi connectivity index (χ0v) is 6.64. The van der Waals surface area contributed by atoms with Crippen LogP contribution in [0.2, 0.25) is 0 Å². The summed E-state index contributed by atoms with van der Waals surface area (Å²) in [4.78, 5) is 0. The fourth-order valence-corrected chi connectivity index (χ4v) is 0.859. The van der Waals surface area contributed by atoms with Crippen LogP contribution in [0.25, 0.3) is 0 Å². The van der Waals surface area contributed by atoms with Crippen molar-refractivity contribution in [1.29, 1.82) is 0 Å². The van der Waals surface area contributed by atoms with E-state index in [4.69, 9.17) is 31.3 Å². The van der Waals surface area contributed by atoms with Gasteiger partial charge >= 0.3 is 0 Å². The normalized spacial score (nSPS) is 13.5. The Hall–Kier alpha value is -0.240. The van der Waals surface area contributed by atoms with E-state index < -0.39 is 24.7 Å². The van der Waals surface area contributed by atoms with Gasteiger partial charge in [0.1, 0.15) is 5.54 Å². The molecule has 6 nitrogen and oxygen atoms in total. The molecule has 0 aliphatic heterocycles. The van der Waals surface area contributed by atoms with Crippen molar-refractivity contribution in [1.82, 2.24) is 0 Å². The predicted molar refractivity (Wildman–Crippen MR) is 39.7 cm³/mol. The molecule has 0 aliphatic rings. The Morgan fingerprint density at radius 3 is 1.42 bits per heavy atom. The van der Waals surface area contributed by atoms with Crippen molar-refractivity contribution < 1.29 is 25.5 Å². The molecule has 0 aromatic heterocycles. The maximum atomic E-state index is 8.76. The van der Waals surface area contributed by atoms with Crippen LogP contribution in [0.5, 0.6) is 0 Å². The Bertz CT molecular complexity index is 126. The number of hydrogen-bond donors (Lipinski definition) is 6. The average Bonchev–Trinajstić information content (AvgIpc) is 1.86. The van der Waals surface area contributed by atoms with Crippen molar-refractivity contribution >= 4 is 0 Å². The third-order valence-electron chi connectivity index (χ3n) is 1.78. The van der Waals surface area contributed by atoms with Gasteiger partial charge in [0.05, 0.1) is 0 Å². The van der Waals surface area contributed by atoms with Crippen LogP contribution in [-0.2, 0) is 0 Å². The quantitative estimate of drug-likeness (QED) is 0.252. The van der Waals surface area contributed by atoms with Crippen LogP contribution in [0.1, 0.15) is 12.8 Å². The molecule has 7 N–H and O–H groups in total. The fraction of sp³-hybridized carbons (Fsp3) is 1.00. The molecule has 0 spiro atoms. The molecule has 74 valence electrons. The van der Waals surface area contributed by atoms with Crippen molar-refractivity contribution in [3.05, 3.63) is 0 Å². The molecule has 0 saturated carbocycles. The van der Waals surface area contributed by atoms with Crippen molar-refractivity contribution in [3.63, 3.8) is 0 Å². The van der Waals surface area contributed by atoms with Gasteiger partial charge in [-0.05, 0) is 12.8 Å². The lowest BCUT2D eigenvalue weighted by molar-refractivity contribution is -0.351. The largest absolute Gasteiger partial charge is 0.396 e. The molecule has 0 rings (SSSR count). The summed E-state index contributed by atoms with van der Waals surface area (Å²) in [6.45, 7) is -0.806. The summed E-state index contributed by atoms with van der Waals surface area (Å²) in [5, 5.41) is 43.3. The monoisotopic (exact) mass is 181 g/mol. The molecule has 0 saturated heterocycles. The molecule has 0 amide bonds. The third kappa shape index (κ3) is 2.67. The molecular formula is C6H15NO5. The zero-order chi connectivity index (χ0) is 9.83. The molecule has 0 fully saturated rings. The van der Waals surface area contributed by atoms with E-state index in [9.17, 15) is 0 Å². The SMILES string of the molecule is NC(CCO)(CCO)C(O)(O)O. The summed E-state index contributed by atoms with van der Waals surface area (Å²) >= 11 is 0. The number of nitrogens with two attached hydrogens (primary N) is 1. The molecule has 0 bridgehead atoms. The maximum absolute atomic E-state index is 8.76. The second-order valence-electron chi connectivity index (χ2n) is 2.74. The third-order valence-corrected chi connectivity index (χ3v) is 1.78. The van der Waals surface area contributed by atoms with Gasteiger partial charge in [0.15, 0.2) is 0 Å². The van der Waals surface area contributed by atoms with Gasteiger partial charge in [0.25, 0.3) is 5.97 Å². The highest BCUT2D eigenvalue weighted by molar-refractivity contribution is 4.90. The molecule has 0 atom stereocenters. The Labute approximate surface area is 69.9 Å².